The molecule has 0 spiro atoms. The quantitative estimate of drug-likeness (QED) is 0.303. The van der Waals surface area contributed by atoms with E-state index in [2.05, 4.69) is 14.9 Å². The van der Waals surface area contributed by atoms with Gasteiger partial charge in [-0.25, -0.2) is 9.82 Å². The second-order valence-corrected chi connectivity index (χ2v) is 9.21. The van der Waals surface area contributed by atoms with Gasteiger partial charge in [-0.15, -0.1) is 0 Å². The van der Waals surface area contributed by atoms with E-state index < -0.39 is 21.8 Å². The number of hydrogen-bond donors (Lipinski definition) is 1. The summed E-state index contributed by atoms with van der Waals surface area (Å²) in [6.45, 7) is 1.82. The van der Waals surface area contributed by atoms with Gasteiger partial charge in [0.05, 0.1) is 27.2 Å². The normalized spacial score (nSPS) is 12.5. The van der Waals surface area contributed by atoms with E-state index in [1.54, 1.807) is 42.5 Å². The summed E-state index contributed by atoms with van der Waals surface area (Å²) in [5.74, 6) is 0.196. The highest BCUT2D eigenvalue weighted by molar-refractivity contribution is 7.89. The van der Waals surface area contributed by atoms with Gasteiger partial charge < -0.3 is 0 Å². The van der Waals surface area contributed by atoms with Crippen LogP contribution in [-0.4, -0.2) is 24.0 Å². The molecule has 6 nitrogen and oxygen atoms in total. The molecule has 4 aromatic rings. The molecule has 2 heterocycles. The molecule has 0 aliphatic heterocycles. The highest BCUT2D eigenvalue weighted by Gasteiger charge is 2.32. The fraction of sp³-hybridized carbons (Fsp3) is 0.0909. The van der Waals surface area contributed by atoms with Gasteiger partial charge in [0.1, 0.15) is 11.5 Å². The minimum Gasteiger partial charge on any atom is -0.297 e. The van der Waals surface area contributed by atoms with Crippen LogP contribution in [0.2, 0.25) is 5.02 Å². The fourth-order valence-corrected chi connectivity index (χ4v) is 4.25. The van der Waals surface area contributed by atoms with Gasteiger partial charge in [-0.2, -0.15) is 26.7 Å². The number of halogens is 4. The molecule has 0 unspecified atom stereocenters. The van der Waals surface area contributed by atoms with Gasteiger partial charge >= 0.3 is 6.18 Å². The first-order valence-electron chi connectivity index (χ1n) is 9.52. The van der Waals surface area contributed by atoms with E-state index in [0.29, 0.717) is 5.56 Å². The summed E-state index contributed by atoms with van der Waals surface area (Å²) >= 11 is 6.19. The van der Waals surface area contributed by atoms with Crippen molar-refractivity contribution in [2.45, 2.75) is 18.0 Å². The number of rotatable bonds is 5. The number of pyridine rings is 1. The summed E-state index contributed by atoms with van der Waals surface area (Å²) in [5, 5.41) is 3.56. The standard InChI is InChI=1S/C22H16ClF3N4O2S/c1-14-7-9-17(10-8-14)33(31,32)29-27-12-19-20-18(23)11-16(22(24,25)26)13-30(20)21(28-19)15-5-3-2-4-6-15/h2-13,29H,1H3. The predicted octanol–water partition coefficient (Wildman–Crippen LogP) is 5.29. The Morgan fingerprint density at radius 3 is 2.39 bits per heavy atom. The molecule has 0 bridgehead atoms. The molecule has 0 aliphatic rings. The van der Waals surface area contributed by atoms with E-state index in [1.807, 2.05) is 6.92 Å². The van der Waals surface area contributed by atoms with Crippen LogP contribution in [0.4, 0.5) is 13.2 Å². The number of benzene rings is 2. The molecule has 0 aliphatic carbocycles. The monoisotopic (exact) mass is 492 g/mol. The molecule has 2 aromatic carbocycles. The maximum Gasteiger partial charge on any atom is 0.417 e. The summed E-state index contributed by atoms with van der Waals surface area (Å²) < 4.78 is 66.2. The molecule has 4 rings (SSSR count). The van der Waals surface area contributed by atoms with Crippen molar-refractivity contribution in [1.29, 1.82) is 0 Å². The fourth-order valence-electron chi connectivity index (χ4n) is 3.16. The highest BCUT2D eigenvalue weighted by atomic mass is 35.5. The number of hydrogen-bond acceptors (Lipinski definition) is 4. The van der Waals surface area contributed by atoms with Crippen LogP contribution in [0.3, 0.4) is 0 Å². The Labute approximate surface area is 192 Å². The molecular formula is C22H16ClF3N4O2S. The van der Waals surface area contributed by atoms with Crippen LogP contribution in [0.25, 0.3) is 16.9 Å². The largest absolute Gasteiger partial charge is 0.417 e. The van der Waals surface area contributed by atoms with E-state index in [-0.39, 0.29) is 27.0 Å². The number of nitrogens with one attached hydrogen (secondary N) is 1. The number of imidazole rings is 1. The Kier molecular flexibility index (Phi) is 5.89. The van der Waals surface area contributed by atoms with Crippen LogP contribution in [0.1, 0.15) is 16.8 Å². The third-order valence-electron chi connectivity index (χ3n) is 4.77. The Morgan fingerprint density at radius 2 is 1.76 bits per heavy atom. The van der Waals surface area contributed by atoms with Gasteiger partial charge in [0.15, 0.2) is 0 Å². The van der Waals surface area contributed by atoms with Crippen LogP contribution in [0, 0.1) is 6.92 Å². The number of sulfonamides is 1. The van der Waals surface area contributed by atoms with Crippen LogP contribution < -0.4 is 4.83 Å². The molecule has 33 heavy (non-hydrogen) atoms. The van der Waals surface area contributed by atoms with Crippen LogP contribution >= 0.6 is 11.6 Å². The molecule has 2 aromatic heterocycles. The first kappa shape index (κ1) is 22.8. The van der Waals surface area contributed by atoms with Crippen LogP contribution in [0.15, 0.2) is 76.9 Å². The van der Waals surface area contributed by atoms with Crippen molar-refractivity contribution in [2.75, 3.05) is 0 Å². The Balaban J connectivity index is 1.78. The predicted molar refractivity (Wildman–Crippen MR) is 120 cm³/mol. The summed E-state index contributed by atoms with van der Waals surface area (Å²) in [5.41, 5.74) is 0.741. The van der Waals surface area contributed by atoms with Gasteiger partial charge in [0.2, 0.25) is 0 Å². The van der Waals surface area contributed by atoms with Crippen molar-refractivity contribution in [3.05, 3.63) is 88.7 Å². The third kappa shape index (κ3) is 4.71. The van der Waals surface area contributed by atoms with Crippen molar-refractivity contribution >= 4 is 33.4 Å². The van der Waals surface area contributed by atoms with Crippen molar-refractivity contribution < 1.29 is 21.6 Å². The van der Waals surface area contributed by atoms with Crippen molar-refractivity contribution in [3.63, 3.8) is 0 Å². The second-order valence-electron chi connectivity index (χ2n) is 7.15. The molecule has 11 heteroatoms. The average molecular weight is 493 g/mol. The summed E-state index contributed by atoms with van der Waals surface area (Å²) in [4.78, 5) is 6.47. The Morgan fingerprint density at radius 1 is 1.09 bits per heavy atom. The second kappa shape index (κ2) is 8.53. The molecular weight excluding hydrogens is 477 g/mol. The molecule has 0 atom stereocenters. The van der Waals surface area contributed by atoms with Gasteiger partial charge in [0.25, 0.3) is 10.0 Å². The van der Waals surface area contributed by atoms with Crippen molar-refractivity contribution in [2.24, 2.45) is 5.10 Å². The minimum absolute atomic E-state index is 0.0118. The lowest BCUT2D eigenvalue weighted by Crippen LogP contribution is -2.18. The first-order chi connectivity index (χ1) is 15.6. The zero-order chi connectivity index (χ0) is 23.8. The van der Waals surface area contributed by atoms with E-state index in [0.717, 1.165) is 24.0 Å². The molecule has 170 valence electrons. The summed E-state index contributed by atoms with van der Waals surface area (Å²) in [6.07, 6.45) is -2.62. The number of aryl methyl sites for hydroxylation is 1. The maximum atomic E-state index is 13.4. The number of aromatic nitrogens is 2. The van der Waals surface area contributed by atoms with E-state index >= 15 is 0 Å². The van der Waals surface area contributed by atoms with Gasteiger partial charge in [-0.3, -0.25) is 4.40 Å². The van der Waals surface area contributed by atoms with Gasteiger partial charge in [-0.1, -0.05) is 59.6 Å². The Bertz CT molecular complexity index is 1450. The SMILES string of the molecule is Cc1ccc(S(=O)(=O)NN=Cc2nc(-c3ccccc3)n3cc(C(F)(F)F)cc(Cl)c23)cc1. The molecule has 0 saturated carbocycles. The zero-order valence-electron chi connectivity index (χ0n) is 17.0. The van der Waals surface area contributed by atoms with E-state index in [4.69, 9.17) is 11.6 Å². The highest BCUT2D eigenvalue weighted by Crippen LogP contribution is 2.35. The van der Waals surface area contributed by atoms with Gasteiger partial charge in [-0.05, 0) is 25.1 Å². The third-order valence-corrected chi connectivity index (χ3v) is 6.29. The van der Waals surface area contributed by atoms with Crippen molar-refractivity contribution in [1.82, 2.24) is 14.2 Å². The molecule has 0 fully saturated rings. The summed E-state index contributed by atoms with van der Waals surface area (Å²) in [7, 11) is -3.95. The number of alkyl halides is 3. The summed E-state index contributed by atoms with van der Waals surface area (Å²) in [6, 6.07) is 15.5. The average Bonchev–Trinajstić information content (AvgIpc) is 3.13. The Hall–Kier alpha value is -3.37. The van der Waals surface area contributed by atoms with Gasteiger partial charge in [0, 0.05) is 11.8 Å². The topological polar surface area (TPSA) is 75.8 Å². The minimum atomic E-state index is -4.62. The molecule has 0 radical (unpaired) electrons. The lowest BCUT2D eigenvalue weighted by molar-refractivity contribution is -0.137. The van der Waals surface area contributed by atoms with E-state index in [1.165, 1.54) is 16.5 Å². The smallest absolute Gasteiger partial charge is 0.297 e. The molecule has 1 N–H and O–H groups in total. The maximum absolute atomic E-state index is 13.4. The van der Waals surface area contributed by atoms with E-state index in [9.17, 15) is 21.6 Å². The number of hydrazone groups is 1. The zero-order valence-corrected chi connectivity index (χ0v) is 18.6. The number of fused-ring (bicyclic) bond motifs is 1. The molecule has 0 amide bonds. The van der Waals surface area contributed by atoms with Crippen molar-refractivity contribution in [3.8, 4) is 11.4 Å². The number of nitrogens with zero attached hydrogens (tertiary/aromatic N) is 3. The van der Waals surface area contributed by atoms with Crippen LogP contribution in [-0.2, 0) is 16.2 Å². The lowest BCUT2D eigenvalue weighted by atomic mass is 10.2. The lowest BCUT2D eigenvalue weighted by Gasteiger charge is -2.10. The first-order valence-corrected chi connectivity index (χ1v) is 11.4. The van der Waals surface area contributed by atoms with Crippen LogP contribution in [0.5, 0.6) is 0 Å². The molecule has 0 saturated heterocycles.